The van der Waals surface area contributed by atoms with Crippen molar-refractivity contribution in [3.63, 3.8) is 0 Å². The van der Waals surface area contributed by atoms with Crippen LogP contribution in [0.25, 0.3) is 0 Å². The SMILES string of the molecule is Cc1cc(C)nc(NC(=O)N2CCC(c3n[nH]c(=O)[nH]3)CC2)c1. The first kappa shape index (κ1) is 15.3. The number of H-pyrrole nitrogens is 2. The second-order valence-electron chi connectivity index (χ2n) is 5.93. The van der Waals surface area contributed by atoms with Gasteiger partial charge in [0, 0.05) is 24.7 Å². The smallest absolute Gasteiger partial charge is 0.324 e. The molecule has 122 valence electrons. The molecule has 2 aromatic rings. The molecule has 3 heterocycles. The third kappa shape index (κ3) is 3.58. The number of nitrogens with zero attached hydrogens (tertiary/aromatic N) is 3. The number of likely N-dealkylation sites (tertiary alicyclic amines) is 1. The summed E-state index contributed by atoms with van der Waals surface area (Å²) >= 11 is 0. The van der Waals surface area contributed by atoms with Gasteiger partial charge in [-0.3, -0.25) is 10.3 Å². The van der Waals surface area contributed by atoms with Crippen LogP contribution in [-0.4, -0.2) is 44.2 Å². The van der Waals surface area contributed by atoms with Gasteiger partial charge in [0.15, 0.2) is 0 Å². The maximum Gasteiger partial charge on any atom is 0.340 e. The average molecular weight is 316 g/mol. The summed E-state index contributed by atoms with van der Waals surface area (Å²) in [6.45, 7) is 5.12. The molecule has 2 aromatic heterocycles. The average Bonchev–Trinajstić information content (AvgIpc) is 2.93. The van der Waals surface area contributed by atoms with Gasteiger partial charge in [-0.1, -0.05) is 0 Å². The van der Waals surface area contributed by atoms with E-state index in [1.165, 1.54) is 0 Å². The lowest BCUT2D eigenvalue weighted by atomic mass is 9.96. The van der Waals surface area contributed by atoms with E-state index in [4.69, 9.17) is 0 Å². The van der Waals surface area contributed by atoms with Crippen LogP contribution in [0.5, 0.6) is 0 Å². The molecule has 0 aliphatic carbocycles. The number of pyridine rings is 1. The van der Waals surface area contributed by atoms with E-state index in [1.807, 2.05) is 26.0 Å². The van der Waals surface area contributed by atoms with Crippen molar-refractivity contribution in [1.29, 1.82) is 0 Å². The second-order valence-corrected chi connectivity index (χ2v) is 5.93. The van der Waals surface area contributed by atoms with Gasteiger partial charge in [-0.15, -0.1) is 0 Å². The third-order valence-corrected chi connectivity index (χ3v) is 4.02. The highest BCUT2D eigenvalue weighted by Crippen LogP contribution is 2.25. The van der Waals surface area contributed by atoms with Crippen LogP contribution in [0.15, 0.2) is 16.9 Å². The predicted molar refractivity (Wildman–Crippen MR) is 85.5 cm³/mol. The molecule has 23 heavy (non-hydrogen) atoms. The van der Waals surface area contributed by atoms with Crippen LogP contribution in [0.2, 0.25) is 0 Å². The van der Waals surface area contributed by atoms with Crippen LogP contribution >= 0.6 is 0 Å². The fraction of sp³-hybridized carbons (Fsp3) is 0.467. The van der Waals surface area contributed by atoms with Gasteiger partial charge in [0.1, 0.15) is 11.6 Å². The van der Waals surface area contributed by atoms with Gasteiger partial charge in [0.05, 0.1) is 0 Å². The second kappa shape index (κ2) is 6.23. The number of hydrogen-bond acceptors (Lipinski definition) is 4. The number of urea groups is 1. The summed E-state index contributed by atoms with van der Waals surface area (Å²) in [5, 5.41) is 9.20. The van der Waals surface area contributed by atoms with E-state index in [0.717, 1.165) is 24.1 Å². The number of rotatable bonds is 2. The quantitative estimate of drug-likeness (QED) is 0.781. The summed E-state index contributed by atoms with van der Waals surface area (Å²) in [6, 6.07) is 3.68. The largest absolute Gasteiger partial charge is 0.340 e. The number of anilines is 1. The van der Waals surface area contributed by atoms with E-state index in [-0.39, 0.29) is 17.6 Å². The summed E-state index contributed by atoms with van der Waals surface area (Å²) in [4.78, 5) is 32.2. The van der Waals surface area contributed by atoms with Gasteiger partial charge in [-0.2, -0.15) is 5.10 Å². The van der Waals surface area contributed by atoms with Crippen molar-refractivity contribution in [2.75, 3.05) is 18.4 Å². The number of aryl methyl sites for hydroxylation is 2. The summed E-state index contributed by atoms with van der Waals surface area (Å²) in [5.41, 5.74) is 1.65. The van der Waals surface area contributed by atoms with Crippen LogP contribution in [0, 0.1) is 13.8 Å². The summed E-state index contributed by atoms with van der Waals surface area (Å²) in [6.07, 6.45) is 1.54. The Labute approximate surface area is 133 Å². The number of carbonyl (C=O) groups excluding carboxylic acids is 1. The fourth-order valence-corrected chi connectivity index (χ4v) is 2.93. The molecular weight excluding hydrogens is 296 g/mol. The maximum absolute atomic E-state index is 12.3. The Bertz CT molecular complexity index is 737. The highest BCUT2D eigenvalue weighted by atomic mass is 16.2. The van der Waals surface area contributed by atoms with E-state index in [2.05, 4.69) is 25.5 Å². The Balaban J connectivity index is 1.58. The molecule has 8 nitrogen and oxygen atoms in total. The van der Waals surface area contributed by atoms with Crippen molar-refractivity contribution in [1.82, 2.24) is 25.1 Å². The Morgan fingerprint density at radius 2 is 2.04 bits per heavy atom. The third-order valence-electron chi connectivity index (χ3n) is 4.02. The molecule has 8 heteroatoms. The van der Waals surface area contributed by atoms with Crippen molar-refractivity contribution in [3.8, 4) is 0 Å². The topological polar surface area (TPSA) is 107 Å². The zero-order valence-electron chi connectivity index (χ0n) is 13.2. The molecule has 0 aromatic carbocycles. The first-order valence-electron chi connectivity index (χ1n) is 7.67. The van der Waals surface area contributed by atoms with E-state index in [1.54, 1.807) is 4.90 Å². The molecule has 0 bridgehead atoms. The molecule has 1 aliphatic heterocycles. The minimum atomic E-state index is -0.291. The van der Waals surface area contributed by atoms with Crippen LogP contribution in [-0.2, 0) is 0 Å². The van der Waals surface area contributed by atoms with E-state index >= 15 is 0 Å². The normalized spacial score (nSPS) is 15.7. The molecule has 0 radical (unpaired) electrons. The lowest BCUT2D eigenvalue weighted by Gasteiger charge is -2.30. The Morgan fingerprint density at radius 3 is 2.65 bits per heavy atom. The summed E-state index contributed by atoms with van der Waals surface area (Å²) in [5.74, 6) is 1.43. The lowest BCUT2D eigenvalue weighted by Crippen LogP contribution is -2.40. The number of amides is 2. The molecule has 1 saturated heterocycles. The minimum absolute atomic E-state index is 0.142. The molecule has 1 aliphatic rings. The number of piperidine rings is 1. The van der Waals surface area contributed by atoms with Gasteiger partial charge in [-0.25, -0.2) is 19.7 Å². The van der Waals surface area contributed by atoms with E-state index < -0.39 is 0 Å². The Hall–Kier alpha value is -2.64. The molecule has 0 saturated carbocycles. The Kier molecular flexibility index (Phi) is 4.14. The van der Waals surface area contributed by atoms with Gasteiger partial charge in [0.2, 0.25) is 0 Å². The fourth-order valence-electron chi connectivity index (χ4n) is 2.93. The molecule has 0 spiro atoms. The van der Waals surface area contributed by atoms with Gasteiger partial charge in [0.25, 0.3) is 0 Å². The first-order valence-corrected chi connectivity index (χ1v) is 7.67. The van der Waals surface area contributed by atoms with Crippen molar-refractivity contribution in [2.24, 2.45) is 0 Å². The predicted octanol–water partition coefficient (Wildman–Crippen LogP) is 1.52. The van der Waals surface area contributed by atoms with Gasteiger partial charge < -0.3 is 4.90 Å². The molecule has 1 fully saturated rings. The first-order chi connectivity index (χ1) is 11.0. The molecule has 3 N–H and O–H groups in total. The number of nitrogens with one attached hydrogen (secondary N) is 3. The highest BCUT2D eigenvalue weighted by molar-refractivity contribution is 5.88. The van der Waals surface area contributed by atoms with E-state index in [0.29, 0.717) is 24.7 Å². The molecular formula is C15H20N6O2. The monoisotopic (exact) mass is 316 g/mol. The van der Waals surface area contributed by atoms with Crippen molar-refractivity contribution in [3.05, 3.63) is 39.7 Å². The number of aromatic amines is 2. The van der Waals surface area contributed by atoms with Gasteiger partial charge in [-0.05, 0) is 44.4 Å². The van der Waals surface area contributed by atoms with Crippen LogP contribution < -0.4 is 11.0 Å². The summed E-state index contributed by atoms with van der Waals surface area (Å²) in [7, 11) is 0. The summed E-state index contributed by atoms with van der Waals surface area (Å²) < 4.78 is 0. The minimum Gasteiger partial charge on any atom is -0.324 e. The maximum atomic E-state index is 12.3. The molecule has 0 atom stereocenters. The molecule has 0 unspecified atom stereocenters. The van der Waals surface area contributed by atoms with Gasteiger partial charge >= 0.3 is 11.7 Å². The zero-order valence-corrected chi connectivity index (χ0v) is 13.2. The Morgan fingerprint density at radius 1 is 1.30 bits per heavy atom. The lowest BCUT2D eigenvalue weighted by molar-refractivity contribution is 0.193. The highest BCUT2D eigenvalue weighted by Gasteiger charge is 2.25. The van der Waals surface area contributed by atoms with Crippen LogP contribution in [0.4, 0.5) is 10.6 Å². The number of carbonyl (C=O) groups is 1. The van der Waals surface area contributed by atoms with Crippen molar-refractivity contribution < 1.29 is 4.79 Å². The zero-order chi connectivity index (χ0) is 16.4. The van der Waals surface area contributed by atoms with Crippen LogP contribution in [0.1, 0.15) is 35.8 Å². The molecule has 3 rings (SSSR count). The van der Waals surface area contributed by atoms with Crippen molar-refractivity contribution >= 4 is 11.8 Å². The van der Waals surface area contributed by atoms with E-state index in [9.17, 15) is 9.59 Å². The van der Waals surface area contributed by atoms with Crippen LogP contribution in [0.3, 0.4) is 0 Å². The standard InChI is InChI=1S/C15H20N6O2/c1-9-7-10(2)16-12(8-9)17-15(23)21-5-3-11(4-6-21)13-18-14(22)20-19-13/h7-8,11H,3-6H2,1-2H3,(H,16,17,23)(H2,18,19,20,22). The van der Waals surface area contributed by atoms with Crippen molar-refractivity contribution in [2.45, 2.75) is 32.6 Å². The number of hydrogen-bond donors (Lipinski definition) is 3. The molecule has 2 amide bonds. The number of aromatic nitrogens is 4.